The van der Waals surface area contributed by atoms with Gasteiger partial charge < -0.3 is 5.11 Å². The van der Waals surface area contributed by atoms with Crippen LogP contribution < -0.4 is 0 Å². The third-order valence-corrected chi connectivity index (χ3v) is 4.74. The molecule has 2 aromatic rings. The van der Waals surface area contributed by atoms with Crippen molar-refractivity contribution in [3.05, 3.63) is 59.7 Å². The molecule has 0 radical (unpaired) electrons. The van der Waals surface area contributed by atoms with Crippen molar-refractivity contribution in [2.75, 3.05) is 7.05 Å². The van der Waals surface area contributed by atoms with Gasteiger partial charge in [0.15, 0.2) is 11.6 Å². The number of sulfonamides is 1. The Kier molecular flexibility index (Phi) is 4.24. The molecule has 4 nitrogen and oxygen atoms in total. The largest absolute Gasteiger partial charge is 0.508 e. The van der Waals surface area contributed by atoms with Crippen molar-refractivity contribution in [1.82, 2.24) is 4.31 Å². The number of benzene rings is 2. The summed E-state index contributed by atoms with van der Waals surface area (Å²) in [5, 5.41) is 9.18. The molecule has 21 heavy (non-hydrogen) atoms. The molecule has 0 saturated heterocycles. The predicted molar refractivity (Wildman–Crippen MR) is 73.1 cm³/mol. The van der Waals surface area contributed by atoms with Gasteiger partial charge in [0.2, 0.25) is 10.0 Å². The van der Waals surface area contributed by atoms with E-state index in [0.717, 1.165) is 16.4 Å². The smallest absolute Gasteiger partial charge is 0.243 e. The fourth-order valence-corrected chi connectivity index (χ4v) is 2.93. The lowest BCUT2D eigenvalue weighted by molar-refractivity contribution is 0.461. The molecule has 0 unspecified atom stereocenters. The number of hydrogen-bond donors (Lipinski definition) is 1. The van der Waals surface area contributed by atoms with Gasteiger partial charge in [0.1, 0.15) is 5.75 Å². The minimum absolute atomic E-state index is 0.0433. The van der Waals surface area contributed by atoms with E-state index in [4.69, 9.17) is 0 Å². The Morgan fingerprint density at radius 2 is 1.67 bits per heavy atom. The summed E-state index contributed by atoms with van der Waals surface area (Å²) in [6.07, 6.45) is 0. The molecule has 0 heterocycles. The molecule has 2 rings (SSSR count). The molecule has 0 atom stereocenters. The van der Waals surface area contributed by atoms with E-state index in [2.05, 4.69) is 0 Å². The maximum absolute atomic E-state index is 13.2. The average Bonchev–Trinajstić information content (AvgIpc) is 2.44. The van der Waals surface area contributed by atoms with E-state index in [1.165, 1.54) is 19.2 Å². The topological polar surface area (TPSA) is 57.6 Å². The summed E-state index contributed by atoms with van der Waals surface area (Å²) in [4.78, 5) is -0.317. The fourth-order valence-electron chi connectivity index (χ4n) is 1.76. The Morgan fingerprint density at radius 3 is 2.24 bits per heavy atom. The van der Waals surface area contributed by atoms with E-state index >= 15 is 0 Å². The van der Waals surface area contributed by atoms with Gasteiger partial charge in [-0.05, 0) is 35.9 Å². The summed E-state index contributed by atoms with van der Waals surface area (Å²) in [5.74, 6) is -2.24. The molecular weight excluding hydrogens is 300 g/mol. The number of halogens is 2. The minimum Gasteiger partial charge on any atom is -0.508 e. The van der Waals surface area contributed by atoms with Gasteiger partial charge in [0.25, 0.3) is 0 Å². The van der Waals surface area contributed by atoms with E-state index in [1.807, 2.05) is 0 Å². The molecule has 2 aromatic carbocycles. The van der Waals surface area contributed by atoms with Crippen molar-refractivity contribution >= 4 is 10.0 Å². The van der Waals surface area contributed by atoms with Crippen LogP contribution in [-0.2, 0) is 16.6 Å². The Bertz CT molecular complexity index is 745. The van der Waals surface area contributed by atoms with Gasteiger partial charge in [-0.3, -0.25) is 0 Å². The van der Waals surface area contributed by atoms with Crippen molar-refractivity contribution < 1.29 is 22.3 Å². The lowest BCUT2D eigenvalue weighted by Gasteiger charge is -2.17. The SMILES string of the molecule is CN(Cc1ccc(O)cc1)S(=O)(=O)c1ccc(F)c(F)c1. The van der Waals surface area contributed by atoms with E-state index in [0.29, 0.717) is 11.6 Å². The molecule has 0 aliphatic heterocycles. The first kappa shape index (κ1) is 15.4. The fraction of sp³-hybridized carbons (Fsp3) is 0.143. The van der Waals surface area contributed by atoms with Crippen LogP contribution in [0.2, 0.25) is 0 Å². The Labute approximate surface area is 121 Å². The molecule has 112 valence electrons. The molecule has 0 saturated carbocycles. The van der Waals surface area contributed by atoms with Crippen LogP contribution in [0.5, 0.6) is 5.75 Å². The second kappa shape index (κ2) is 5.79. The first-order chi connectivity index (χ1) is 9.80. The molecule has 0 aliphatic carbocycles. The quantitative estimate of drug-likeness (QED) is 0.943. The number of rotatable bonds is 4. The number of aromatic hydroxyl groups is 1. The van der Waals surface area contributed by atoms with Gasteiger partial charge in [-0.2, -0.15) is 4.31 Å². The lowest BCUT2D eigenvalue weighted by atomic mass is 10.2. The van der Waals surface area contributed by atoms with Gasteiger partial charge in [0, 0.05) is 13.6 Å². The summed E-state index contributed by atoms with van der Waals surface area (Å²) < 4.78 is 51.6. The van der Waals surface area contributed by atoms with E-state index in [-0.39, 0.29) is 17.2 Å². The molecule has 0 aliphatic rings. The Balaban J connectivity index is 2.25. The number of hydrogen-bond acceptors (Lipinski definition) is 3. The Morgan fingerprint density at radius 1 is 1.05 bits per heavy atom. The van der Waals surface area contributed by atoms with Crippen molar-refractivity contribution in [3.63, 3.8) is 0 Å². The van der Waals surface area contributed by atoms with Crippen molar-refractivity contribution in [2.24, 2.45) is 0 Å². The standard InChI is InChI=1S/C14H13F2NO3S/c1-17(9-10-2-4-11(18)5-3-10)21(19,20)12-6-7-13(15)14(16)8-12/h2-8,18H,9H2,1H3. The first-order valence-electron chi connectivity index (χ1n) is 6.00. The lowest BCUT2D eigenvalue weighted by Crippen LogP contribution is -2.26. The van der Waals surface area contributed by atoms with Crippen LogP contribution in [0.4, 0.5) is 8.78 Å². The highest BCUT2D eigenvalue weighted by Gasteiger charge is 2.22. The second-order valence-electron chi connectivity index (χ2n) is 4.50. The van der Waals surface area contributed by atoms with Gasteiger partial charge in [0.05, 0.1) is 4.90 Å². The van der Waals surface area contributed by atoms with Crippen molar-refractivity contribution in [3.8, 4) is 5.75 Å². The highest BCUT2D eigenvalue weighted by Crippen LogP contribution is 2.20. The Hall–Kier alpha value is -1.99. The average molecular weight is 313 g/mol. The van der Waals surface area contributed by atoms with Crippen LogP contribution >= 0.6 is 0 Å². The molecule has 0 spiro atoms. The van der Waals surface area contributed by atoms with Crippen molar-refractivity contribution in [2.45, 2.75) is 11.4 Å². The molecule has 7 heteroatoms. The zero-order chi connectivity index (χ0) is 15.6. The number of nitrogens with zero attached hydrogens (tertiary/aromatic N) is 1. The van der Waals surface area contributed by atoms with Gasteiger partial charge in [-0.25, -0.2) is 17.2 Å². The molecule has 0 amide bonds. The van der Waals surface area contributed by atoms with Crippen LogP contribution in [0.1, 0.15) is 5.56 Å². The molecular formula is C14H13F2NO3S. The van der Waals surface area contributed by atoms with E-state index < -0.39 is 21.7 Å². The van der Waals surface area contributed by atoms with Crippen LogP contribution in [0, 0.1) is 11.6 Å². The first-order valence-corrected chi connectivity index (χ1v) is 7.44. The molecule has 0 bridgehead atoms. The zero-order valence-corrected chi connectivity index (χ0v) is 11.9. The summed E-state index contributed by atoms with van der Waals surface area (Å²) in [6.45, 7) is 0.0433. The van der Waals surface area contributed by atoms with E-state index in [1.54, 1.807) is 12.1 Å². The summed E-state index contributed by atoms with van der Waals surface area (Å²) >= 11 is 0. The third-order valence-electron chi connectivity index (χ3n) is 2.94. The highest BCUT2D eigenvalue weighted by atomic mass is 32.2. The molecule has 1 N–H and O–H groups in total. The zero-order valence-electron chi connectivity index (χ0n) is 11.1. The monoisotopic (exact) mass is 313 g/mol. The van der Waals surface area contributed by atoms with Gasteiger partial charge in [-0.1, -0.05) is 12.1 Å². The van der Waals surface area contributed by atoms with Crippen LogP contribution in [0.15, 0.2) is 47.4 Å². The second-order valence-corrected chi connectivity index (χ2v) is 6.55. The summed E-state index contributed by atoms with van der Waals surface area (Å²) in [5.41, 5.74) is 0.654. The van der Waals surface area contributed by atoms with E-state index in [9.17, 15) is 22.3 Å². The predicted octanol–water partition coefficient (Wildman–Crippen LogP) is 2.49. The molecule has 0 aromatic heterocycles. The van der Waals surface area contributed by atoms with Gasteiger partial charge >= 0.3 is 0 Å². The third kappa shape index (κ3) is 3.37. The number of phenols is 1. The maximum atomic E-state index is 13.2. The summed E-state index contributed by atoms with van der Waals surface area (Å²) in [7, 11) is -2.59. The summed E-state index contributed by atoms with van der Waals surface area (Å²) in [6, 6.07) is 8.47. The maximum Gasteiger partial charge on any atom is 0.243 e. The molecule has 0 fully saturated rings. The van der Waals surface area contributed by atoms with Gasteiger partial charge in [-0.15, -0.1) is 0 Å². The van der Waals surface area contributed by atoms with Crippen LogP contribution in [0.3, 0.4) is 0 Å². The van der Waals surface area contributed by atoms with Crippen LogP contribution in [-0.4, -0.2) is 24.9 Å². The highest BCUT2D eigenvalue weighted by molar-refractivity contribution is 7.89. The van der Waals surface area contributed by atoms with Crippen molar-refractivity contribution in [1.29, 1.82) is 0 Å². The number of phenolic OH excluding ortho intramolecular Hbond substituents is 1. The minimum atomic E-state index is -3.92. The van der Waals surface area contributed by atoms with Crippen LogP contribution in [0.25, 0.3) is 0 Å². The normalized spacial score (nSPS) is 11.8.